The monoisotopic (exact) mass is 409 g/mol. The molecule has 2 rings (SSSR count). The lowest BCUT2D eigenvalue weighted by Gasteiger charge is -2.24. The standard InChI is InChI=1S/C18H24ClN5O2S/c1-11(24(2)3)16(25)23-15(8-12-5-4-6-13(19)7-12)17(26)21-9-14-10-22-18(20)27-14/h4-7,10-11,15H,8-9H2,1-3H3,(H2,20,22)(H,21,26)(H,23,25)/t11-,15-/m0/s1. The van der Waals surface area contributed by atoms with E-state index < -0.39 is 6.04 Å². The van der Waals surface area contributed by atoms with Crippen LogP contribution in [0.5, 0.6) is 0 Å². The summed E-state index contributed by atoms with van der Waals surface area (Å²) in [6.07, 6.45) is 1.96. The fraction of sp³-hybridized carbons (Fsp3) is 0.389. The number of halogens is 1. The van der Waals surface area contributed by atoms with Crippen LogP contribution in [-0.4, -0.2) is 47.9 Å². The zero-order chi connectivity index (χ0) is 20.0. The molecule has 0 fully saturated rings. The number of anilines is 1. The van der Waals surface area contributed by atoms with Crippen LogP contribution in [0.1, 0.15) is 17.4 Å². The molecule has 7 nitrogen and oxygen atoms in total. The number of benzene rings is 1. The Morgan fingerprint density at radius 2 is 2.07 bits per heavy atom. The zero-order valence-corrected chi connectivity index (χ0v) is 17.1. The third-order valence-electron chi connectivity index (χ3n) is 4.12. The molecule has 2 aromatic rings. The van der Waals surface area contributed by atoms with Gasteiger partial charge in [0.1, 0.15) is 6.04 Å². The molecule has 1 aromatic heterocycles. The predicted octanol–water partition coefficient (Wildman–Crippen LogP) is 1.67. The van der Waals surface area contributed by atoms with Gasteiger partial charge in [0.05, 0.1) is 12.6 Å². The first kappa shape index (κ1) is 21.1. The highest BCUT2D eigenvalue weighted by Gasteiger charge is 2.24. The number of carbonyl (C=O) groups excluding carboxylic acids is 2. The lowest BCUT2D eigenvalue weighted by Crippen LogP contribution is -2.52. The summed E-state index contributed by atoms with van der Waals surface area (Å²) in [6, 6.07) is 6.16. The lowest BCUT2D eigenvalue weighted by atomic mass is 10.0. The molecule has 4 N–H and O–H groups in total. The van der Waals surface area contributed by atoms with Gasteiger partial charge in [0, 0.05) is 22.5 Å². The van der Waals surface area contributed by atoms with Gasteiger partial charge in [-0.05, 0) is 38.7 Å². The summed E-state index contributed by atoms with van der Waals surface area (Å²) < 4.78 is 0. The molecular formula is C18H24ClN5O2S. The minimum Gasteiger partial charge on any atom is -0.375 e. The third-order valence-corrected chi connectivity index (χ3v) is 5.19. The van der Waals surface area contributed by atoms with Crippen molar-refractivity contribution in [1.29, 1.82) is 0 Å². The fourth-order valence-corrected chi connectivity index (χ4v) is 3.17. The summed E-state index contributed by atoms with van der Waals surface area (Å²) in [5.74, 6) is -0.495. The molecule has 9 heteroatoms. The summed E-state index contributed by atoms with van der Waals surface area (Å²) in [5, 5.41) is 6.70. The van der Waals surface area contributed by atoms with Crippen molar-refractivity contribution in [3.05, 3.63) is 45.9 Å². The third kappa shape index (κ3) is 6.50. The van der Waals surface area contributed by atoms with Gasteiger partial charge < -0.3 is 16.4 Å². The number of thiazole rings is 1. The number of rotatable bonds is 8. The number of aromatic nitrogens is 1. The van der Waals surface area contributed by atoms with Crippen LogP contribution in [0.3, 0.4) is 0 Å². The van der Waals surface area contributed by atoms with E-state index in [9.17, 15) is 9.59 Å². The number of amides is 2. The highest BCUT2D eigenvalue weighted by molar-refractivity contribution is 7.15. The van der Waals surface area contributed by atoms with E-state index in [0.29, 0.717) is 23.1 Å². The summed E-state index contributed by atoms with van der Waals surface area (Å²) in [4.78, 5) is 31.8. The number of nitrogens with one attached hydrogen (secondary N) is 2. The molecule has 2 atom stereocenters. The van der Waals surface area contributed by atoms with Gasteiger partial charge in [-0.25, -0.2) is 4.98 Å². The Morgan fingerprint density at radius 3 is 2.67 bits per heavy atom. The van der Waals surface area contributed by atoms with Crippen molar-refractivity contribution in [2.75, 3.05) is 19.8 Å². The number of hydrogen-bond donors (Lipinski definition) is 3. The van der Waals surface area contributed by atoms with Gasteiger partial charge in [0.25, 0.3) is 0 Å². The molecule has 0 aliphatic carbocycles. The van der Waals surface area contributed by atoms with Crippen LogP contribution < -0.4 is 16.4 Å². The molecule has 0 unspecified atom stereocenters. The van der Waals surface area contributed by atoms with Crippen molar-refractivity contribution in [2.24, 2.45) is 0 Å². The van der Waals surface area contributed by atoms with Gasteiger partial charge in [-0.1, -0.05) is 23.7 Å². The van der Waals surface area contributed by atoms with Gasteiger partial charge in [0.15, 0.2) is 5.13 Å². The fourth-order valence-electron chi connectivity index (χ4n) is 2.34. The van der Waals surface area contributed by atoms with Crippen LogP contribution in [0.2, 0.25) is 5.02 Å². The largest absolute Gasteiger partial charge is 0.375 e. The van der Waals surface area contributed by atoms with E-state index >= 15 is 0 Å². The zero-order valence-electron chi connectivity index (χ0n) is 15.5. The van der Waals surface area contributed by atoms with Gasteiger partial charge in [-0.3, -0.25) is 14.5 Å². The molecule has 0 saturated carbocycles. The van der Waals surface area contributed by atoms with E-state index in [1.54, 1.807) is 30.2 Å². The van der Waals surface area contributed by atoms with Crippen LogP contribution in [-0.2, 0) is 22.6 Å². The average molecular weight is 410 g/mol. The van der Waals surface area contributed by atoms with E-state index in [-0.39, 0.29) is 17.9 Å². The number of hydrogen-bond acceptors (Lipinski definition) is 6. The smallest absolute Gasteiger partial charge is 0.243 e. The Bertz CT molecular complexity index is 796. The average Bonchev–Trinajstić information content (AvgIpc) is 3.03. The summed E-state index contributed by atoms with van der Waals surface area (Å²) in [7, 11) is 3.62. The Labute approximate surface area is 167 Å². The Balaban J connectivity index is 2.09. The van der Waals surface area contributed by atoms with Crippen LogP contribution in [0.4, 0.5) is 5.13 Å². The van der Waals surface area contributed by atoms with Crippen LogP contribution in [0.25, 0.3) is 0 Å². The molecule has 0 bridgehead atoms. The van der Waals surface area contributed by atoms with Crippen molar-refractivity contribution in [3.8, 4) is 0 Å². The highest BCUT2D eigenvalue weighted by Crippen LogP contribution is 2.15. The maximum absolute atomic E-state index is 12.7. The molecule has 0 spiro atoms. The second kappa shape index (κ2) is 9.68. The molecule has 0 aliphatic rings. The summed E-state index contributed by atoms with van der Waals surface area (Å²) in [6.45, 7) is 2.09. The maximum atomic E-state index is 12.7. The van der Waals surface area contributed by atoms with Gasteiger partial charge in [-0.15, -0.1) is 11.3 Å². The number of nitrogen functional groups attached to an aromatic ring is 1. The van der Waals surface area contributed by atoms with Crippen LogP contribution in [0, 0.1) is 0 Å². The number of likely N-dealkylation sites (N-methyl/N-ethyl adjacent to an activating group) is 1. The topological polar surface area (TPSA) is 100 Å². The first-order chi connectivity index (χ1) is 12.8. The van der Waals surface area contributed by atoms with Crippen LogP contribution in [0.15, 0.2) is 30.5 Å². The van der Waals surface area contributed by atoms with Crippen molar-refractivity contribution in [3.63, 3.8) is 0 Å². The van der Waals surface area contributed by atoms with E-state index in [0.717, 1.165) is 10.4 Å². The molecule has 1 aromatic carbocycles. The molecule has 2 amide bonds. The lowest BCUT2D eigenvalue weighted by molar-refractivity contribution is -0.131. The normalized spacial score (nSPS) is 13.2. The quantitative estimate of drug-likeness (QED) is 0.615. The predicted molar refractivity (Wildman–Crippen MR) is 109 cm³/mol. The SMILES string of the molecule is C[C@@H](C(=O)N[C@@H](Cc1cccc(Cl)c1)C(=O)NCc1cnc(N)s1)N(C)C. The van der Waals surface area contributed by atoms with Gasteiger partial charge >= 0.3 is 0 Å². The highest BCUT2D eigenvalue weighted by atomic mass is 35.5. The van der Waals surface area contributed by atoms with Crippen molar-refractivity contribution >= 4 is 39.9 Å². The second-order valence-corrected chi connectivity index (χ2v) is 8.00. The van der Waals surface area contributed by atoms with E-state index in [4.69, 9.17) is 17.3 Å². The minimum atomic E-state index is -0.719. The first-order valence-electron chi connectivity index (χ1n) is 8.45. The van der Waals surface area contributed by atoms with Crippen molar-refractivity contribution < 1.29 is 9.59 Å². The van der Waals surface area contributed by atoms with E-state index in [1.807, 2.05) is 26.2 Å². The number of nitrogens with two attached hydrogens (primary N) is 1. The minimum absolute atomic E-state index is 0.218. The number of nitrogens with zero attached hydrogens (tertiary/aromatic N) is 2. The van der Waals surface area contributed by atoms with Crippen molar-refractivity contribution in [1.82, 2.24) is 20.5 Å². The second-order valence-electron chi connectivity index (χ2n) is 6.42. The van der Waals surface area contributed by atoms with Gasteiger partial charge in [-0.2, -0.15) is 0 Å². The first-order valence-corrected chi connectivity index (χ1v) is 9.65. The molecule has 0 radical (unpaired) electrons. The van der Waals surface area contributed by atoms with E-state index in [2.05, 4.69) is 15.6 Å². The molecule has 1 heterocycles. The maximum Gasteiger partial charge on any atom is 0.243 e. The molecular weight excluding hydrogens is 386 g/mol. The molecule has 146 valence electrons. The Kier molecular flexibility index (Phi) is 7.58. The molecule has 0 saturated heterocycles. The van der Waals surface area contributed by atoms with E-state index in [1.165, 1.54) is 11.3 Å². The van der Waals surface area contributed by atoms with Gasteiger partial charge in [0.2, 0.25) is 11.8 Å². The van der Waals surface area contributed by atoms with Crippen LogP contribution >= 0.6 is 22.9 Å². The molecule has 27 heavy (non-hydrogen) atoms. The van der Waals surface area contributed by atoms with Crippen molar-refractivity contribution in [2.45, 2.75) is 32.0 Å². The number of carbonyl (C=O) groups is 2. The Hall–Kier alpha value is -2.16. The summed E-state index contributed by atoms with van der Waals surface area (Å²) >= 11 is 7.35. The molecule has 0 aliphatic heterocycles. The Morgan fingerprint density at radius 1 is 1.33 bits per heavy atom. The summed E-state index contributed by atoms with van der Waals surface area (Å²) in [5.41, 5.74) is 6.47.